The summed E-state index contributed by atoms with van der Waals surface area (Å²) in [4.78, 5) is 11.9. The first-order chi connectivity index (χ1) is 9.08. The Balaban J connectivity index is 1.83. The van der Waals surface area contributed by atoms with Crippen LogP contribution in [0.3, 0.4) is 0 Å². The van der Waals surface area contributed by atoms with Crippen molar-refractivity contribution in [2.24, 2.45) is 0 Å². The minimum absolute atomic E-state index is 0.0899. The van der Waals surface area contributed by atoms with Gasteiger partial charge in [-0.15, -0.1) is 0 Å². The first-order valence-electron chi connectivity index (χ1n) is 6.14. The van der Waals surface area contributed by atoms with E-state index >= 15 is 0 Å². The fraction of sp³-hybridized carbons (Fsp3) is 0.417. The highest BCUT2D eigenvalue weighted by Gasteiger charge is 2.14. The molecule has 1 amide bonds. The van der Waals surface area contributed by atoms with Crippen LogP contribution < -0.4 is 11.1 Å². The maximum atomic E-state index is 11.9. The SMILES string of the molecule is Cc1ccnn1CCNC(=O)C(C)n1ccc(N)n1. The van der Waals surface area contributed by atoms with E-state index in [1.54, 1.807) is 30.1 Å². The predicted octanol–water partition coefficient (Wildman–Crippen LogP) is 0.348. The second kappa shape index (κ2) is 5.55. The third kappa shape index (κ3) is 3.12. The summed E-state index contributed by atoms with van der Waals surface area (Å²) in [7, 11) is 0. The van der Waals surface area contributed by atoms with Gasteiger partial charge in [-0.25, -0.2) is 0 Å². The van der Waals surface area contributed by atoms with Crippen LogP contribution >= 0.6 is 0 Å². The van der Waals surface area contributed by atoms with Gasteiger partial charge in [0.25, 0.3) is 0 Å². The topological polar surface area (TPSA) is 90.8 Å². The number of carbonyl (C=O) groups is 1. The van der Waals surface area contributed by atoms with Crippen molar-refractivity contribution in [3.8, 4) is 0 Å². The van der Waals surface area contributed by atoms with Crippen molar-refractivity contribution in [3.05, 3.63) is 30.2 Å². The number of hydrogen-bond acceptors (Lipinski definition) is 4. The highest BCUT2D eigenvalue weighted by Crippen LogP contribution is 2.06. The van der Waals surface area contributed by atoms with E-state index in [0.29, 0.717) is 18.9 Å². The van der Waals surface area contributed by atoms with Crippen molar-refractivity contribution in [1.82, 2.24) is 24.9 Å². The molecule has 0 aliphatic heterocycles. The fourth-order valence-corrected chi connectivity index (χ4v) is 1.75. The second-order valence-electron chi connectivity index (χ2n) is 4.38. The summed E-state index contributed by atoms with van der Waals surface area (Å²) in [6, 6.07) is 3.21. The molecule has 0 aliphatic rings. The number of nitrogens with zero attached hydrogens (tertiary/aromatic N) is 4. The lowest BCUT2D eigenvalue weighted by molar-refractivity contribution is -0.124. The van der Waals surface area contributed by atoms with E-state index in [2.05, 4.69) is 15.5 Å². The minimum atomic E-state index is -0.379. The summed E-state index contributed by atoms with van der Waals surface area (Å²) < 4.78 is 3.39. The van der Waals surface area contributed by atoms with Crippen molar-refractivity contribution in [1.29, 1.82) is 0 Å². The van der Waals surface area contributed by atoms with Crippen LogP contribution in [0.2, 0.25) is 0 Å². The Morgan fingerprint density at radius 1 is 1.53 bits per heavy atom. The van der Waals surface area contributed by atoms with Gasteiger partial charge in [-0.05, 0) is 26.0 Å². The van der Waals surface area contributed by atoms with Crippen LogP contribution in [0.1, 0.15) is 18.7 Å². The average Bonchev–Trinajstić information content (AvgIpc) is 2.98. The van der Waals surface area contributed by atoms with E-state index in [1.165, 1.54) is 0 Å². The molecule has 102 valence electrons. The third-order valence-corrected chi connectivity index (χ3v) is 2.96. The van der Waals surface area contributed by atoms with Gasteiger partial charge in [0.05, 0.1) is 6.54 Å². The van der Waals surface area contributed by atoms with E-state index in [0.717, 1.165) is 5.69 Å². The van der Waals surface area contributed by atoms with Crippen LogP contribution in [0, 0.1) is 6.92 Å². The number of anilines is 1. The van der Waals surface area contributed by atoms with Crippen LogP contribution in [-0.4, -0.2) is 32.0 Å². The molecule has 0 bridgehead atoms. The van der Waals surface area contributed by atoms with Crippen LogP contribution in [0.15, 0.2) is 24.5 Å². The van der Waals surface area contributed by atoms with Gasteiger partial charge in [0.1, 0.15) is 11.9 Å². The largest absolute Gasteiger partial charge is 0.382 e. The molecule has 2 aromatic heterocycles. The van der Waals surface area contributed by atoms with E-state index in [1.807, 2.05) is 17.7 Å². The molecule has 0 radical (unpaired) electrons. The molecular formula is C12H18N6O. The molecule has 2 rings (SSSR count). The highest BCUT2D eigenvalue weighted by atomic mass is 16.2. The van der Waals surface area contributed by atoms with Crippen LogP contribution in [0.4, 0.5) is 5.82 Å². The highest BCUT2D eigenvalue weighted by molar-refractivity contribution is 5.79. The Bertz CT molecular complexity index is 558. The molecule has 0 spiro atoms. The Morgan fingerprint density at radius 3 is 2.89 bits per heavy atom. The average molecular weight is 262 g/mol. The minimum Gasteiger partial charge on any atom is -0.382 e. The van der Waals surface area contributed by atoms with Gasteiger partial charge in [0, 0.05) is 24.6 Å². The standard InChI is InChI=1S/C12H18N6O/c1-9-3-5-15-17(9)8-6-14-12(19)10(2)18-7-4-11(13)16-18/h3-5,7,10H,6,8H2,1-2H3,(H2,13,16)(H,14,19). The Kier molecular flexibility index (Phi) is 3.84. The van der Waals surface area contributed by atoms with Crippen LogP contribution in [0.25, 0.3) is 0 Å². The third-order valence-electron chi connectivity index (χ3n) is 2.96. The molecule has 2 heterocycles. The van der Waals surface area contributed by atoms with Gasteiger partial charge in [-0.3, -0.25) is 14.2 Å². The van der Waals surface area contributed by atoms with Gasteiger partial charge in [0.2, 0.25) is 5.91 Å². The summed E-state index contributed by atoms with van der Waals surface area (Å²) >= 11 is 0. The Labute approximate surface area is 111 Å². The molecule has 0 saturated carbocycles. The molecule has 0 aromatic carbocycles. The van der Waals surface area contributed by atoms with Gasteiger partial charge in [-0.2, -0.15) is 10.2 Å². The zero-order valence-corrected chi connectivity index (χ0v) is 11.1. The molecule has 2 aromatic rings. The van der Waals surface area contributed by atoms with Crippen molar-refractivity contribution in [2.75, 3.05) is 12.3 Å². The molecule has 7 heteroatoms. The first-order valence-corrected chi connectivity index (χ1v) is 6.14. The molecular weight excluding hydrogens is 244 g/mol. The van der Waals surface area contributed by atoms with Crippen LogP contribution in [0.5, 0.6) is 0 Å². The number of aryl methyl sites for hydroxylation is 1. The van der Waals surface area contributed by atoms with Gasteiger partial charge in [-0.1, -0.05) is 0 Å². The first kappa shape index (κ1) is 13.1. The van der Waals surface area contributed by atoms with Crippen LogP contribution in [-0.2, 0) is 11.3 Å². The maximum absolute atomic E-state index is 11.9. The molecule has 0 saturated heterocycles. The van der Waals surface area contributed by atoms with Crippen molar-refractivity contribution < 1.29 is 4.79 Å². The lowest BCUT2D eigenvalue weighted by Gasteiger charge is -2.13. The normalized spacial score (nSPS) is 12.3. The number of amides is 1. The number of aromatic nitrogens is 4. The molecule has 1 unspecified atom stereocenters. The second-order valence-corrected chi connectivity index (χ2v) is 4.38. The monoisotopic (exact) mass is 262 g/mol. The Hall–Kier alpha value is -2.31. The number of nitrogen functional groups attached to an aromatic ring is 1. The van der Waals surface area contributed by atoms with Crippen molar-refractivity contribution >= 4 is 11.7 Å². The molecule has 0 fully saturated rings. The summed E-state index contributed by atoms with van der Waals surface area (Å²) in [5.41, 5.74) is 6.59. The summed E-state index contributed by atoms with van der Waals surface area (Å²) in [5.74, 6) is 0.319. The molecule has 1 atom stereocenters. The number of hydrogen-bond donors (Lipinski definition) is 2. The quantitative estimate of drug-likeness (QED) is 0.813. The lowest BCUT2D eigenvalue weighted by atomic mass is 10.3. The maximum Gasteiger partial charge on any atom is 0.244 e. The Morgan fingerprint density at radius 2 is 2.32 bits per heavy atom. The number of nitrogens with two attached hydrogens (primary N) is 1. The number of nitrogens with one attached hydrogen (secondary N) is 1. The van der Waals surface area contributed by atoms with E-state index < -0.39 is 0 Å². The fourth-order valence-electron chi connectivity index (χ4n) is 1.75. The summed E-state index contributed by atoms with van der Waals surface area (Å²) in [6.45, 7) is 4.94. The van der Waals surface area contributed by atoms with E-state index in [4.69, 9.17) is 5.73 Å². The number of carbonyl (C=O) groups excluding carboxylic acids is 1. The smallest absolute Gasteiger partial charge is 0.244 e. The predicted molar refractivity (Wildman–Crippen MR) is 71.3 cm³/mol. The van der Waals surface area contributed by atoms with Gasteiger partial charge in [0.15, 0.2) is 0 Å². The van der Waals surface area contributed by atoms with E-state index in [-0.39, 0.29) is 11.9 Å². The zero-order valence-electron chi connectivity index (χ0n) is 11.1. The molecule has 7 nitrogen and oxygen atoms in total. The summed E-state index contributed by atoms with van der Waals surface area (Å²) in [5, 5.41) is 11.0. The zero-order chi connectivity index (χ0) is 13.8. The van der Waals surface area contributed by atoms with Gasteiger partial charge < -0.3 is 11.1 Å². The van der Waals surface area contributed by atoms with E-state index in [9.17, 15) is 4.79 Å². The molecule has 0 aliphatic carbocycles. The van der Waals surface area contributed by atoms with Crippen molar-refractivity contribution in [2.45, 2.75) is 26.4 Å². The molecule has 3 N–H and O–H groups in total. The number of rotatable bonds is 5. The van der Waals surface area contributed by atoms with Crippen molar-refractivity contribution in [3.63, 3.8) is 0 Å². The van der Waals surface area contributed by atoms with Gasteiger partial charge >= 0.3 is 0 Å². The summed E-state index contributed by atoms with van der Waals surface area (Å²) in [6.07, 6.45) is 3.43. The lowest BCUT2D eigenvalue weighted by Crippen LogP contribution is -2.33. The molecule has 19 heavy (non-hydrogen) atoms.